The van der Waals surface area contributed by atoms with Gasteiger partial charge in [0, 0.05) is 19.5 Å². The summed E-state index contributed by atoms with van der Waals surface area (Å²) >= 11 is 0. The van der Waals surface area contributed by atoms with Crippen molar-refractivity contribution in [2.75, 3.05) is 20.8 Å². The van der Waals surface area contributed by atoms with Crippen LogP contribution in [0, 0.1) is 5.92 Å². The molecule has 3 rings (SSSR count). The first-order valence-corrected chi connectivity index (χ1v) is 12.3. The largest absolute Gasteiger partial charge is 0.493 e. The summed E-state index contributed by atoms with van der Waals surface area (Å²) in [6.45, 7) is 4.99. The topological polar surface area (TPSA) is 67.9 Å². The molecule has 0 fully saturated rings. The number of benzene rings is 3. The maximum absolute atomic E-state index is 13.8. The molecule has 3 aromatic rings. The lowest BCUT2D eigenvalue weighted by atomic mass is 10.0. The highest BCUT2D eigenvalue weighted by atomic mass is 16.5. The number of carbonyl (C=O) groups is 2. The van der Waals surface area contributed by atoms with Crippen molar-refractivity contribution in [2.24, 2.45) is 5.92 Å². The van der Waals surface area contributed by atoms with Crippen molar-refractivity contribution in [3.8, 4) is 11.5 Å². The average molecular weight is 489 g/mol. The summed E-state index contributed by atoms with van der Waals surface area (Å²) in [4.78, 5) is 29.0. The standard InChI is InChI=1S/C30H36N2O4/c1-22(2)20-31-30(34)26(17-23-11-7-5-8-12-23)32(21-24-13-9-6-10-14-24)29(33)19-25-15-16-27(35-3)28(18-25)36-4/h5-16,18,22,26H,17,19-21H2,1-4H3,(H,31,34)/t26-/m0/s1. The minimum atomic E-state index is -0.654. The van der Waals surface area contributed by atoms with E-state index >= 15 is 0 Å². The average Bonchev–Trinajstić information content (AvgIpc) is 2.90. The molecule has 2 amide bonds. The molecule has 0 saturated heterocycles. The molecular weight excluding hydrogens is 452 g/mol. The molecule has 6 heteroatoms. The van der Waals surface area contributed by atoms with E-state index in [1.807, 2.05) is 72.8 Å². The summed E-state index contributed by atoms with van der Waals surface area (Å²) in [5, 5.41) is 3.05. The molecule has 0 heterocycles. The van der Waals surface area contributed by atoms with Crippen LogP contribution in [-0.2, 0) is 29.0 Å². The Morgan fingerprint density at radius 2 is 1.42 bits per heavy atom. The van der Waals surface area contributed by atoms with E-state index < -0.39 is 6.04 Å². The highest BCUT2D eigenvalue weighted by Gasteiger charge is 2.30. The normalized spacial score (nSPS) is 11.6. The third kappa shape index (κ3) is 7.60. The van der Waals surface area contributed by atoms with Crippen molar-refractivity contribution in [1.82, 2.24) is 10.2 Å². The molecule has 0 aromatic heterocycles. The lowest BCUT2D eigenvalue weighted by molar-refractivity contribution is -0.140. The number of hydrogen-bond acceptors (Lipinski definition) is 4. The molecule has 0 bridgehead atoms. The molecule has 0 saturated carbocycles. The SMILES string of the molecule is COc1ccc(CC(=O)N(Cc2ccccc2)[C@@H](Cc2ccccc2)C(=O)NCC(C)C)cc1OC. The van der Waals surface area contributed by atoms with E-state index in [0.29, 0.717) is 36.9 Å². The van der Waals surface area contributed by atoms with Gasteiger partial charge in [0.2, 0.25) is 11.8 Å². The van der Waals surface area contributed by atoms with E-state index in [4.69, 9.17) is 9.47 Å². The second-order valence-electron chi connectivity index (χ2n) is 9.22. The fourth-order valence-electron chi connectivity index (χ4n) is 4.02. The van der Waals surface area contributed by atoms with Crippen molar-refractivity contribution < 1.29 is 19.1 Å². The summed E-state index contributed by atoms with van der Waals surface area (Å²) in [5.41, 5.74) is 2.75. The van der Waals surface area contributed by atoms with E-state index in [0.717, 1.165) is 16.7 Å². The molecule has 36 heavy (non-hydrogen) atoms. The molecule has 0 radical (unpaired) electrons. The lowest BCUT2D eigenvalue weighted by Crippen LogP contribution is -2.51. The van der Waals surface area contributed by atoms with Crippen LogP contribution in [-0.4, -0.2) is 43.5 Å². The monoisotopic (exact) mass is 488 g/mol. The molecule has 190 valence electrons. The smallest absolute Gasteiger partial charge is 0.243 e. The molecule has 0 aliphatic rings. The third-order valence-corrected chi connectivity index (χ3v) is 5.95. The summed E-state index contributed by atoms with van der Waals surface area (Å²) in [5.74, 6) is 1.19. The Labute approximate surface area is 214 Å². The van der Waals surface area contributed by atoms with Crippen molar-refractivity contribution in [1.29, 1.82) is 0 Å². The maximum atomic E-state index is 13.8. The van der Waals surface area contributed by atoms with Gasteiger partial charge >= 0.3 is 0 Å². The Morgan fingerprint density at radius 3 is 2.00 bits per heavy atom. The zero-order valence-corrected chi connectivity index (χ0v) is 21.6. The number of nitrogens with zero attached hydrogens (tertiary/aromatic N) is 1. The van der Waals surface area contributed by atoms with Crippen LogP contribution in [0.2, 0.25) is 0 Å². The van der Waals surface area contributed by atoms with Crippen LogP contribution >= 0.6 is 0 Å². The molecule has 1 atom stereocenters. The number of carbonyl (C=O) groups excluding carboxylic acids is 2. The molecule has 0 aliphatic heterocycles. The van der Waals surface area contributed by atoms with E-state index in [2.05, 4.69) is 19.2 Å². The highest BCUT2D eigenvalue weighted by Crippen LogP contribution is 2.28. The fourth-order valence-corrected chi connectivity index (χ4v) is 4.02. The summed E-state index contributed by atoms with van der Waals surface area (Å²) in [6.07, 6.45) is 0.561. The van der Waals surface area contributed by atoms with Gasteiger partial charge in [0.1, 0.15) is 6.04 Å². The van der Waals surface area contributed by atoms with Crippen molar-refractivity contribution in [3.05, 3.63) is 95.6 Å². The van der Waals surface area contributed by atoms with Crippen molar-refractivity contribution in [3.63, 3.8) is 0 Å². The van der Waals surface area contributed by atoms with Gasteiger partial charge in [-0.05, 0) is 34.7 Å². The van der Waals surface area contributed by atoms with E-state index in [1.54, 1.807) is 25.2 Å². The molecular formula is C30H36N2O4. The molecule has 0 aliphatic carbocycles. The quantitative estimate of drug-likeness (QED) is 0.403. The predicted molar refractivity (Wildman–Crippen MR) is 142 cm³/mol. The number of methoxy groups -OCH3 is 2. The summed E-state index contributed by atoms with van der Waals surface area (Å²) < 4.78 is 10.8. The highest BCUT2D eigenvalue weighted by molar-refractivity contribution is 5.89. The first-order chi connectivity index (χ1) is 17.4. The fraction of sp³-hybridized carbons (Fsp3) is 0.333. The Morgan fingerprint density at radius 1 is 0.806 bits per heavy atom. The third-order valence-electron chi connectivity index (χ3n) is 5.95. The van der Waals surface area contributed by atoms with Gasteiger partial charge < -0.3 is 19.7 Å². The number of rotatable bonds is 12. The van der Waals surface area contributed by atoms with Crippen LogP contribution in [0.25, 0.3) is 0 Å². The van der Waals surface area contributed by atoms with Crippen molar-refractivity contribution >= 4 is 11.8 Å². The Bertz CT molecular complexity index is 1120. The zero-order chi connectivity index (χ0) is 25.9. The van der Waals surface area contributed by atoms with Crippen LogP contribution in [0.3, 0.4) is 0 Å². The van der Waals surface area contributed by atoms with Gasteiger partial charge in [0.05, 0.1) is 20.6 Å². The Hall–Kier alpha value is -3.80. The van der Waals surface area contributed by atoms with Crippen LogP contribution in [0.1, 0.15) is 30.5 Å². The maximum Gasteiger partial charge on any atom is 0.243 e. The van der Waals surface area contributed by atoms with Crippen molar-refractivity contribution in [2.45, 2.75) is 39.3 Å². The van der Waals surface area contributed by atoms with Gasteiger partial charge in [-0.25, -0.2) is 0 Å². The number of ether oxygens (including phenoxy) is 2. The predicted octanol–water partition coefficient (Wildman–Crippen LogP) is 4.66. The first kappa shape index (κ1) is 26.8. The van der Waals surface area contributed by atoms with Crippen LogP contribution in [0.15, 0.2) is 78.9 Å². The molecule has 1 N–H and O–H groups in total. The second kappa shape index (κ2) is 13.3. The Balaban J connectivity index is 1.95. The Kier molecular flexibility index (Phi) is 9.92. The van der Waals surface area contributed by atoms with Crippen LogP contribution in [0.4, 0.5) is 0 Å². The molecule has 3 aromatic carbocycles. The minimum Gasteiger partial charge on any atom is -0.493 e. The lowest BCUT2D eigenvalue weighted by Gasteiger charge is -2.32. The van der Waals surface area contributed by atoms with E-state index in [9.17, 15) is 9.59 Å². The summed E-state index contributed by atoms with van der Waals surface area (Å²) in [7, 11) is 3.15. The molecule has 0 unspecified atom stereocenters. The van der Waals surface area contributed by atoms with Crippen LogP contribution < -0.4 is 14.8 Å². The van der Waals surface area contributed by atoms with Crippen LogP contribution in [0.5, 0.6) is 11.5 Å². The van der Waals surface area contributed by atoms with Gasteiger partial charge in [0.25, 0.3) is 0 Å². The zero-order valence-electron chi connectivity index (χ0n) is 21.6. The number of hydrogen-bond donors (Lipinski definition) is 1. The van der Waals surface area contributed by atoms with Gasteiger partial charge in [-0.3, -0.25) is 9.59 Å². The van der Waals surface area contributed by atoms with E-state index in [1.165, 1.54) is 0 Å². The van der Waals surface area contributed by atoms with Gasteiger partial charge in [-0.15, -0.1) is 0 Å². The second-order valence-corrected chi connectivity index (χ2v) is 9.22. The van der Waals surface area contributed by atoms with Gasteiger partial charge in [-0.2, -0.15) is 0 Å². The minimum absolute atomic E-state index is 0.133. The molecule has 0 spiro atoms. The summed E-state index contributed by atoms with van der Waals surface area (Å²) in [6, 6.07) is 24.4. The van der Waals surface area contributed by atoms with Gasteiger partial charge in [0.15, 0.2) is 11.5 Å². The first-order valence-electron chi connectivity index (χ1n) is 12.3. The number of amides is 2. The molecule has 6 nitrogen and oxygen atoms in total. The van der Waals surface area contributed by atoms with Gasteiger partial charge in [-0.1, -0.05) is 80.6 Å². The number of nitrogens with one attached hydrogen (secondary N) is 1. The van der Waals surface area contributed by atoms with E-state index in [-0.39, 0.29) is 18.2 Å².